The van der Waals surface area contributed by atoms with Gasteiger partial charge in [-0.05, 0) is 0 Å². The van der Waals surface area contributed by atoms with Gasteiger partial charge in [-0.2, -0.15) is 0 Å². The van der Waals surface area contributed by atoms with Gasteiger partial charge < -0.3 is 0 Å². The van der Waals surface area contributed by atoms with E-state index in [9.17, 15) is 0 Å². The summed E-state index contributed by atoms with van der Waals surface area (Å²) >= 11 is 0. The van der Waals surface area contributed by atoms with Crippen molar-refractivity contribution in [2.45, 2.75) is 44.3 Å². The Morgan fingerprint density at radius 2 is 1.00 bits per heavy atom. The van der Waals surface area contributed by atoms with E-state index >= 15 is 0 Å². The minimum absolute atomic E-state index is 0.834. The average Bonchev–Trinajstić information content (AvgIpc) is 1.59. The maximum absolute atomic E-state index is 2.48. The van der Waals surface area contributed by atoms with Crippen molar-refractivity contribution in [3.05, 3.63) is 0 Å². The van der Waals surface area contributed by atoms with Gasteiger partial charge in [-0.25, -0.2) is 0 Å². The molecule has 0 aliphatic carbocycles. The lowest BCUT2D eigenvalue weighted by Gasteiger charge is -2.35. The van der Waals surface area contributed by atoms with Crippen molar-refractivity contribution in [1.29, 1.82) is 0 Å². The first-order chi connectivity index (χ1) is 4.15. The van der Waals surface area contributed by atoms with Crippen molar-refractivity contribution in [2.24, 2.45) is 0 Å². The van der Waals surface area contributed by atoms with Gasteiger partial charge in [-0.15, -0.1) is 0 Å². The van der Waals surface area contributed by atoms with Crippen LogP contribution in [0.15, 0.2) is 0 Å². The summed E-state index contributed by atoms with van der Waals surface area (Å²) in [6, 6.07) is 0. The standard InChI is InChI=1S/C7H21BSi2/c1-9(2,3)7(8)10(4,5)6/h7H,8H2,1-6H3. The maximum atomic E-state index is 2.48. The Bertz CT molecular complexity index is 95.8. The van der Waals surface area contributed by atoms with Crippen molar-refractivity contribution in [1.82, 2.24) is 0 Å². The maximum Gasteiger partial charge on any atom is 0.0986 e. The first kappa shape index (κ1) is 10.5. The third-order valence-corrected chi connectivity index (χ3v) is 13.0. The van der Waals surface area contributed by atoms with Crippen molar-refractivity contribution in [2.75, 3.05) is 0 Å². The average molecular weight is 172 g/mol. The van der Waals surface area contributed by atoms with Crippen LogP contribution in [0.2, 0.25) is 44.3 Å². The summed E-state index contributed by atoms with van der Waals surface area (Å²) in [5.74, 6) is 0. The molecular weight excluding hydrogens is 151 g/mol. The van der Waals surface area contributed by atoms with Crippen molar-refractivity contribution in [3.8, 4) is 0 Å². The molecule has 0 atom stereocenters. The van der Waals surface area contributed by atoms with Crippen molar-refractivity contribution in [3.63, 3.8) is 0 Å². The van der Waals surface area contributed by atoms with Crippen LogP contribution < -0.4 is 0 Å². The molecule has 60 valence electrons. The van der Waals surface area contributed by atoms with Gasteiger partial charge in [0, 0.05) is 16.1 Å². The first-order valence-electron chi connectivity index (χ1n) is 4.15. The van der Waals surface area contributed by atoms with Crippen LogP contribution in [0.1, 0.15) is 0 Å². The molecule has 0 rings (SSSR count). The summed E-state index contributed by atoms with van der Waals surface area (Å²) in [7, 11) is 0.788. The fourth-order valence-corrected chi connectivity index (χ4v) is 11.7. The second-order valence-electron chi connectivity index (χ2n) is 5.45. The summed E-state index contributed by atoms with van der Waals surface area (Å²) in [6.07, 6.45) is 0. The minimum atomic E-state index is -0.834. The molecule has 0 amide bonds. The van der Waals surface area contributed by atoms with Crippen LogP contribution in [0.5, 0.6) is 0 Å². The first-order valence-corrected chi connectivity index (χ1v) is 11.3. The van der Waals surface area contributed by atoms with E-state index in [1.54, 1.807) is 0 Å². The van der Waals surface area contributed by atoms with E-state index in [-0.39, 0.29) is 0 Å². The molecule has 0 N–H and O–H groups in total. The van der Waals surface area contributed by atoms with E-state index in [4.69, 9.17) is 0 Å². The minimum Gasteiger partial charge on any atom is -0.0776 e. The second kappa shape index (κ2) is 2.86. The number of rotatable bonds is 2. The molecule has 0 aliphatic rings. The largest absolute Gasteiger partial charge is 0.0986 e. The lowest BCUT2D eigenvalue weighted by Crippen LogP contribution is -2.43. The van der Waals surface area contributed by atoms with E-state index < -0.39 is 16.1 Å². The Morgan fingerprint density at radius 3 is 1.00 bits per heavy atom. The SMILES string of the molecule is BC([Si](C)(C)C)[Si](C)(C)C. The van der Waals surface area contributed by atoms with Gasteiger partial charge in [0.15, 0.2) is 0 Å². The highest BCUT2D eigenvalue weighted by Crippen LogP contribution is 2.28. The molecule has 0 fully saturated rings. The lowest BCUT2D eigenvalue weighted by molar-refractivity contribution is 1.43. The molecule has 0 aliphatic heterocycles. The van der Waals surface area contributed by atoms with Gasteiger partial charge in [-0.1, -0.05) is 44.3 Å². The third kappa shape index (κ3) is 3.06. The zero-order valence-corrected chi connectivity index (χ0v) is 10.6. The third-order valence-electron chi connectivity index (χ3n) is 2.60. The van der Waals surface area contributed by atoms with Gasteiger partial charge >= 0.3 is 0 Å². The Balaban J connectivity index is 4.23. The van der Waals surface area contributed by atoms with Crippen LogP contribution in [0.3, 0.4) is 0 Å². The molecule has 0 unspecified atom stereocenters. The van der Waals surface area contributed by atoms with Gasteiger partial charge in [0.1, 0.15) is 0 Å². The topological polar surface area (TPSA) is 0 Å². The van der Waals surface area contributed by atoms with Gasteiger partial charge in [-0.3, -0.25) is 0 Å². The van der Waals surface area contributed by atoms with Crippen LogP contribution in [0, 0.1) is 0 Å². The highest BCUT2D eigenvalue weighted by Gasteiger charge is 2.32. The Morgan fingerprint density at radius 1 is 0.800 bits per heavy atom. The molecule has 0 saturated heterocycles. The molecule has 0 saturated carbocycles. The van der Waals surface area contributed by atoms with Crippen molar-refractivity contribution >= 4 is 24.0 Å². The molecular formula is C7H21BSi2. The predicted molar refractivity (Wildman–Crippen MR) is 59.0 cm³/mol. The molecule has 0 radical (unpaired) electrons. The van der Waals surface area contributed by atoms with Crippen molar-refractivity contribution < 1.29 is 0 Å². The zero-order chi connectivity index (χ0) is 8.58. The summed E-state index contributed by atoms with van der Waals surface area (Å²) in [5.41, 5.74) is 0. The lowest BCUT2D eigenvalue weighted by atomic mass is 10.2. The van der Waals surface area contributed by atoms with E-state index in [0.29, 0.717) is 0 Å². The quantitative estimate of drug-likeness (QED) is 0.560. The predicted octanol–water partition coefficient (Wildman–Crippen LogP) is 2.16. The van der Waals surface area contributed by atoms with Crippen LogP contribution in [-0.4, -0.2) is 24.0 Å². The van der Waals surface area contributed by atoms with Crippen LogP contribution >= 0.6 is 0 Å². The molecule has 3 heteroatoms. The molecule has 10 heavy (non-hydrogen) atoms. The van der Waals surface area contributed by atoms with E-state index in [2.05, 4.69) is 47.1 Å². The number of hydrogen-bond acceptors (Lipinski definition) is 0. The molecule has 0 heterocycles. The zero-order valence-electron chi connectivity index (χ0n) is 8.58. The Hall–Kier alpha value is 0.499. The molecule has 0 spiro atoms. The summed E-state index contributed by atoms with van der Waals surface area (Å²) in [6.45, 7) is 14.9. The van der Waals surface area contributed by atoms with E-state index in [1.807, 2.05) is 0 Å². The van der Waals surface area contributed by atoms with E-state index in [0.717, 1.165) is 5.06 Å². The van der Waals surface area contributed by atoms with Crippen LogP contribution in [-0.2, 0) is 0 Å². The molecule has 0 bridgehead atoms. The van der Waals surface area contributed by atoms with E-state index in [1.165, 1.54) is 0 Å². The summed E-state index contributed by atoms with van der Waals surface area (Å²) in [4.78, 5) is 0. The van der Waals surface area contributed by atoms with Gasteiger partial charge in [0.25, 0.3) is 0 Å². The molecule has 0 aromatic heterocycles. The Kier molecular flexibility index (Phi) is 3.00. The van der Waals surface area contributed by atoms with Crippen LogP contribution in [0.25, 0.3) is 0 Å². The molecule has 0 aromatic rings. The van der Waals surface area contributed by atoms with Crippen LogP contribution in [0.4, 0.5) is 0 Å². The summed E-state index contributed by atoms with van der Waals surface area (Å²) in [5, 5.41) is 1.04. The Labute approximate surface area is 68.8 Å². The fraction of sp³-hybridized carbons (Fsp3) is 1.00. The molecule has 0 aromatic carbocycles. The van der Waals surface area contributed by atoms with Gasteiger partial charge in [0.2, 0.25) is 0 Å². The highest BCUT2D eigenvalue weighted by molar-refractivity contribution is 7.02. The fourth-order valence-electron chi connectivity index (χ4n) is 1.30. The summed E-state index contributed by atoms with van der Waals surface area (Å²) < 4.78 is 0. The number of hydrogen-bond donors (Lipinski definition) is 0. The van der Waals surface area contributed by atoms with Gasteiger partial charge in [0.05, 0.1) is 7.85 Å². The normalized spacial score (nSPS) is 14.3. The smallest absolute Gasteiger partial charge is 0.0776 e. The highest BCUT2D eigenvalue weighted by atomic mass is 28.4. The second-order valence-corrected chi connectivity index (χ2v) is 17.2. The molecule has 0 nitrogen and oxygen atoms in total. The monoisotopic (exact) mass is 172 g/mol.